The Bertz CT molecular complexity index is 1010. The summed E-state index contributed by atoms with van der Waals surface area (Å²) in [6, 6.07) is 19.8. The topological polar surface area (TPSA) is 38.3 Å². The van der Waals surface area contributed by atoms with Crippen LogP contribution in [0.5, 0.6) is 5.75 Å². The Morgan fingerprint density at radius 3 is 2.31 bits per heavy atom. The zero-order valence-electron chi connectivity index (χ0n) is 15.4. The highest BCUT2D eigenvalue weighted by Crippen LogP contribution is 2.33. The highest BCUT2D eigenvalue weighted by molar-refractivity contribution is 5.98. The van der Waals surface area contributed by atoms with E-state index in [1.165, 1.54) is 12.1 Å². The number of carbonyl (C=O) groups is 1. The lowest BCUT2D eigenvalue weighted by molar-refractivity contribution is -0.137. The van der Waals surface area contributed by atoms with E-state index in [1.54, 1.807) is 18.2 Å². The lowest BCUT2D eigenvalue weighted by atomic mass is 10.0. The molecule has 3 aromatic carbocycles. The number of carbonyl (C=O) groups excluding carboxylic acids is 1. The van der Waals surface area contributed by atoms with Crippen molar-refractivity contribution in [3.63, 3.8) is 0 Å². The molecule has 1 heterocycles. The van der Waals surface area contributed by atoms with Gasteiger partial charge in [-0.25, -0.2) is 0 Å². The van der Waals surface area contributed by atoms with Gasteiger partial charge in [0.15, 0.2) is 0 Å². The summed E-state index contributed by atoms with van der Waals surface area (Å²) in [5.74, 6) is 0.209. The van der Waals surface area contributed by atoms with Crippen molar-refractivity contribution in [1.82, 2.24) is 5.32 Å². The van der Waals surface area contributed by atoms with Crippen molar-refractivity contribution in [2.45, 2.75) is 18.7 Å². The summed E-state index contributed by atoms with van der Waals surface area (Å²) in [4.78, 5) is 12.5. The largest absolute Gasteiger partial charge is 0.487 e. The molecule has 4 rings (SSSR count). The Labute approximate surface area is 166 Å². The minimum absolute atomic E-state index is 0.209. The number of hydrogen-bond donors (Lipinski definition) is 1. The number of rotatable bonds is 3. The molecule has 0 radical (unpaired) electrons. The van der Waals surface area contributed by atoms with Gasteiger partial charge in [-0.2, -0.15) is 13.2 Å². The van der Waals surface area contributed by atoms with Gasteiger partial charge < -0.3 is 10.1 Å². The van der Waals surface area contributed by atoms with Crippen LogP contribution in [-0.2, 0) is 12.6 Å². The number of ether oxygens (including phenoxy) is 1. The van der Waals surface area contributed by atoms with Crippen molar-refractivity contribution < 1.29 is 22.7 Å². The molecule has 0 spiro atoms. The maximum atomic E-state index is 12.8. The molecule has 1 unspecified atom stereocenters. The van der Waals surface area contributed by atoms with Gasteiger partial charge in [-0.05, 0) is 41.0 Å². The van der Waals surface area contributed by atoms with Gasteiger partial charge in [0.05, 0.1) is 17.7 Å². The SMILES string of the molecule is O=C1NCC(Cc2ccccc2)Oc2ccc(-c3ccc(C(F)(F)F)cc3)cc21. The van der Waals surface area contributed by atoms with Crippen LogP contribution < -0.4 is 10.1 Å². The van der Waals surface area contributed by atoms with Gasteiger partial charge in [0.25, 0.3) is 5.91 Å². The van der Waals surface area contributed by atoms with Crippen molar-refractivity contribution in [2.24, 2.45) is 0 Å². The molecule has 0 aliphatic carbocycles. The van der Waals surface area contributed by atoms with Gasteiger partial charge in [-0.1, -0.05) is 48.5 Å². The fourth-order valence-corrected chi connectivity index (χ4v) is 3.36. The maximum Gasteiger partial charge on any atom is 0.416 e. The molecule has 0 fully saturated rings. The molecule has 0 saturated heterocycles. The number of hydrogen-bond acceptors (Lipinski definition) is 2. The summed E-state index contributed by atoms with van der Waals surface area (Å²) < 4.78 is 44.4. The molecule has 6 heteroatoms. The molecular weight excluding hydrogens is 379 g/mol. The monoisotopic (exact) mass is 397 g/mol. The lowest BCUT2D eigenvalue weighted by Crippen LogP contribution is -2.33. The van der Waals surface area contributed by atoms with E-state index in [9.17, 15) is 18.0 Å². The zero-order chi connectivity index (χ0) is 20.4. The second kappa shape index (κ2) is 7.62. The number of fused-ring (bicyclic) bond motifs is 1. The molecule has 1 aliphatic rings. The van der Waals surface area contributed by atoms with E-state index in [1.807, 2.05) is 30.3 Å². The summed E-state index contributed by atoms with van der Waals surface area (Å²) in [6.07, 6.45) is -3.94. The molecule has 3 aromatic rings. The van der Waals surface area contributed by atoms with E-state index >= 15 is 0 Å². The standard InChI is InChI=1S/C23H18F3NO2/c24-23(25,26)18-9-6-16(7-10-18)17-8-11-21-20(13-17)22(28)27-14-19(29-21)12-15-4-2-1-3-5-15/h1-11,13,19H,12,14H2,(H,27,28). The second-order valence-electron chi connectivity index (χ2n) is 6.93. The Morgan fingerprint density at radius 1 is 0.931 bits per heavy atom. The van der Waals surface area contributed by atoms with Crippen LogP contribution in [-0.4, -0.2) is 18.6 Å². The summed E-state index contributed by atoms with van der Waals surface area (Å²) in [7, 11) is 0. The van der Waals surface area contributed by atoms with Crippen molar-refractivity contribution >= 4 is 5.91 Å². The fourth-order valence-electron chi connectivity index (χ4n) is 3.36. The first kappa shape index (κ1) is 19.1. The van der Waals surface area contributed by atoms with Crippen molar-refractivity contribution in [3.05, 3.63) is 89.5 Å². The molecule has 29 heavy (non-hydrogen) atoms. The highest BCUT2D eigenvalue weighted by Gasteiger charge is 2.30. The molecule has 3 nitrogen and oxygen atoms in total. The normalized spacial score (nSPS) is 16.4. The Kier molecular flexibility index (Phi) is 5.01. The van der Waals surface area contributed by atoms with Crippen molar-refractivity contribution in [2.75, 3.05) is 6.54 Å². The van der Waals surface area contributed by atoms with E-state index in [4.69, 9.17) is 4.74 Å². The number of nitrogens with one attached hydrogen (secondary N) is 1. The Hall–Kier alpha value is -3.28. The van der Waals surface area contributed by atoms with E-state index < -0.39 is 11.7 Å². The average molecular weight is 397 g/mol. The molecule has 0 bridgehead atoms. The van der Waals surface area contributed by atoms with E-state index in [0.29, 0.717) is 35.4 Å². The molecule has 0 saturated carbocycles. The minimum atomic E-state index is -4.38. The fraction of sp³-hybridized carbons (Fsp3) is 0.174. The van der Waals surface area contributed by atoms with Gasteiger partial charge in [0, 0.05) is 6.42 Å². The molecule has 1 N–H and O–H groups in total. The van der Waals surface area contributed by atoms with Crippen LogP contribution in [0.3, 0.4) is 0 Å². The quantitative estimate of drug-likeness (QED) is 0.667. The minimum Gasteiger partial charge on any atom is -0.487 e. The number of amides is 1. The van der Waals surface area contributed by atoms with Crippen LogP contribution in [0.15, 0.2) is 72.8 Å². The predicted octanol–water partition coefficient (Wildman–Crippen LogP) is 5.11. The summed E-state index contributed by atoms with van der Waals surface area (Å²) in [5.41, 5.74) is 2.02. The number of halogens is 3. The highest BCUT2D eigenvalue weighted by atomic mass is 19.4. The van der Waals surface area contributed by atoms with Crippen molar-refractivity contribution in [1.29, 1.82) is 0 Å². The molecule has 1 atom stereocenters. The zero-order valence-corrected chi connectivity index (χ0v) is 15.4. The third-order valence-electron chi connectivity index (χ3n) is 4.86. The van der Waals surface area contributed by atoms with Gasteiger partial charge in [0.2, 0.25) is 0 Å². The third kappa shape index (κ3) is 4.26. The Morgan fingerprint density at radius 2 is 1.62 bits per heavy atom. The summed E-state index contributed by atoms with van der Waals surface area (Å²) in [6.45, 7) is 0.373. The predicted molar refractivity (Wildman–Crippen MR) is 104 cm³/mol. The van der Waals surface area contributed by atoms with Crippen LogP contribution in [0.4, 0.5) is 13.2 Å². The maximum absolute atomic E-state index is 12.8. The van der Waals surface area contributed by atoms with Gasteiger partial charge >= 0.3 is 6.18 Å². The first-order chi connectivity index (χ1) is 13.9. The molecular formula is C23H18F3NO2. The number of alkyl halides is 3. The molecule has 1 aliphatic heterocycles. The van der Waals surface area contributed by atoms with Crippen LogP contribution >= 0.6 is 0 Å². The molecule has 0 aromatic heterocycles. The lowest BCUT2D eigenvalue weighted by Gasteiger charge is -2.17. The van der Waals surface area contributed by atoms with Gasteiger partial charge in [-0.3, -0.25) is 4.79 Å². The third-order valence-corrected chi connectivity index (χ3v) is 4.86. The molecule has 148 valence electrons. The summed E-state index contributed by atoms with van der Waals surface area (Å²) >= 11 is 0. The average Bonchev–Trinajstić information content (AvgIpc) is 2.87. The van der Waals surface area contributed by atoms with E-state index in [-0.39, 0.29) is 12.0 Å². The van der Waals surface area contributed by atoms with E-state index in [2.05, 4.69) is 5.32 Å². The van der Waals surface area contributed by atoms with Crippen LogP contribution in [0.2, 0.25) is 0 Å². The van der Waals surface area contributed by atoms with Crippen LogP contribution in [0.1, 0.15) is 21.5 Å². The van der Waals surface area contributed by atoms with Crippen LogP contribution in [0, 0.1) is 0 Å². The first-order valence-corrected chi connectivity index (χ1v) is 9.20. The number of benzene rings is 3. The molecule has 1 amide bonds. The first-order valence-electron chi connectivity index (χ1n) is 9.20. The van der Waals surface area contributed by atoms with Gasteiger partial charge in [0.1, 0.15) is 11.9 Å². The Balaban J connectivity index is 1.59. The van der Waals surface area contributed by atoms with Crippen molar-refractivity contribution in [3.8, 4) is 16.9 Å². The van der Waals surface area contributed by atoms with E-state index in [0.717, 1.165) is 17.7 Å². The second-order valence-corrected chi connectivity index (χ2v) is 6.93. The summed E-state index contributed by atoms with van der Waals surface area (Å²) in [5, 5.41) is 2.87. The smallest absolute Gasteiger partial charge is 0.416 e. The van der Waals surface area contributed by atoms with Gasteiger partial charge in [-0.15, -0.1) is 0 Å². The van der Waals surface area contributed by atoms with Crippen LogP contribution in [0.25, 0.3) is 11.1 Å².